The second kappa shape index (κ2) is 6.13. The maximum absolute atomic E-state index is 12.2. The Balaban J connectivity index is 2.10. The highest BCUT2D eigenvalue weighted by molar-refractivity contribution is 8.00. The quantitative estimate of drug-likeness (QED) is 0.869. The van der Waals surface area contributed by atoms with Crippen LogP contribution in [-0.2, 0) is 9.59 Å². The molecule has 0 saturated carbocycles. The van der Waals surface area contributed by atoms with Gasteiger partial charge in [0.25, 0.3) is 0 Å². The van der Waals surface area contributed by atoms with Gasteiger partial charge in [0.15, 0.2) is 0 Å². The summed E-state index contributed by atoms with van der Waals surface area (Å²) in [6, 6.07) is 7.06. The zero-order chi connectivity index (χ0) is 14.7. The van der Waals surface area contributed by atoms with Gasteiger partial charge in [0, 0.05) is 11.8 Å². The zero-order valence-corrected chi connectivity index (χ0v) is 12.3. The van der Waals surface area contributed by atoms with Crippen molar-refractivity contribution in [2.75, 3.05) is 5.75 Å². The second-order valence-electron chi connectivity index (χ2n) is 4.78. The highest BCUT2D eigenvalue weighted by atomic mass is 32.2. The van der Waals surface area contributed by atoms with Crippen molar-refractivity contribution in [1.82, 2.24) is 4.90 Å². The summed E-state index contributed by atoms with van der Waals surface area (Å²) in [5, 5.41) is 9.03. The van der Waals surface area contributed by atoms with Crippen LogP contribution in [0.4, 0.5) is 0 Å². The first kappa shape index (κ1) is 14.7. The summed E-state index contributed by atoms with van der Waals surface area (Å²) in [7, 11) is 0. The summed E-state index contributed by atoms with van der Waals surface area (Å²) in [6.45, 7) is 3.85. The molecule has 1 aliphatic heterocycles. The molecule has 2 unspecified atom stereocenters. The van der Waals surface area contributed by atoms with Crippen LogP contribution < -0.4 is 0 Å². The van der Waals surface area contributed by atoms with Crippen LogP contribution in [-0.4, -0.2) is 39.1 Å². The van der Waals surface area contributed by atoms with E-state index in [4.69, 9.17) is 5.11 Å². The Labute approximate surface area is 122 Å². The third-order valence-corrected chi connectivity index (χ3v) is 4.48. The number of nitrogens with zero attached hydrogens (tertiary/aromatic N) is 1. The lowest BCUT2D eigenvalue weighted by atomic mass is 10.1. The molecule has 4 nitrogen and oxygen atoms in total. The first-order valence-electron chi connectivity index (χ1n) is 6.40. The van der Waals surface area contributed by atoms with Gasteiger partial charge in [-0.3, -0.25) is 4.79 Å². The number of aliphatic carboxylic acids is 1. The Morgan fingerprint density at radius 3 is 2.60 bits per heavy atom. The van der Waals surface area contributed by atoms with Crippen molar-refractivity contribution in [1.29, 1.82) is 0 Å². The second-order valence-corrected chi connectivity index (χ2v) is 6.13. The van der Waals surface area contributed by atoms with Crippen molar-refractivity contribution in [3.05, 3.63) is 41.5 Å². The maximum atomic E-state index is 12.2. The highest BCUT2D eigenvalue weighted by Crippen LogP contribution is 2.29. The summed E-state index contributed by atoms with van der Waals surface area (Å²) >= 11 is 1.48. The summed E-state index contributed by atoms with van der Waals surface area (Å²) in [4.78, 5) is 24.7. The van der Waals surface area contributed by atoms with Crippen molar-refractivity contribution in [2.45, 2.75) is 25.3 Å². The van der Waals surface area contributed by atoms with Crippen LogP contribution in [0.25, 0.3) is 6.08 Å². The molecule has 1 amide bonds. The molecule has 0 spiro atoms. The lowest BCUT2D eigenvalue weighted by molar-refractivity contribution is -0.147. The van der Waals surface area contributed by atoms with Crippen LogP contribution in [0.1, 0.15) is 18.1 Å². The molecule has 0 aliphatic carbocycles. The summed E-state index contributed by atoms with van der Waals surface area (Å²) in [5.41, 5.74) is 2.08. The van der Waals surface area contributed by atoms with Crippen LogP contribution in [0, 0.1) is 6.92 Å². The Morgan fingerprint density at radius 2 is 2.00 bits per heavy atom. The maximum Gasteiger partial charge on any atom is 0.327 e. The number of thioether (sulfide) groups is 1. The molecule has 1 fully saturated rings. The molecule has 106 valence electrons. The van der Waals surface area contributed by atoms with Gasteiger partial charge in [-0.1, -0.05) is 29.8 Å². The molecule has 0 radical (unpaired) electrons. The summed E-state index contributed by atoms with van der Waals surface area (Å²) < 4.78 is 0. The van der Waals surface area contributed by atoms with Gasteiger partial charge >= 0.3 is 5.97 Å². The normalized spacial score (nSPS) is 22.4. The lowest BCUT2D eigenvalue weighted by Crippen LogP contribution is -2.43. The predicted molar refractivity (Wildman–Crippen MR) is 80.4 cm³/mol. The molecule has 2 atom stereocenters. The third-order valence-electron chi connectivity index (χ3n) is 3.26. The van der Waals surface area contributed by atoms with Crippen molar-refractivity contribution < 1.29 is 14.7 Å². The van der Waals surface area contributed by atoms with Crippen LogP contribution >= 0.6 is 11.8 Å². The lowest BCUT2D eigenvalue weighted by Gasteiger charge is -2.23. The molecule has 1 aromatic carbocycles. The van der Waals surface area contributed by atoms with E-state index in [1.807, 2.05) is 38.1 Å². The largest absolute Gasteiger partial charge is 0.480 e. The molecule has 2 rings (SSSR count). The number of aryl methyl sites for hydroxylation is 1. The van der Waals surface area contributed by atoms with Gasteiger partial charge in [0.2, 0.25) is 5.91 Å². The third kappa shape index (κ3) is 3.22. The van der Waals surface area contributed by atoms with Crippen LogP contribution in [0.15, 0.2) is 30.3 Å². The molecule has 1 aromatic rings. The Kier molecular flexibility index (Phi) is 4.49. The molecule has 1 heterocycles. The highest BCUT2D eigenvalue weighted by Gasteiger charge is 2.38. The number of carbonyl (C=O) groups excluding carboxylic acids is 1. The Morgan fingerprint density at radius 1 is 1.35 bits per heavy atom. The molecular weight excluding hydrogens is 274 g/mol. The summed E-state index contributed by atoms with van der Waals surface area (Å²) in [5.74, 6) is -0.755. The number of benzene rings is 1. The minimum absolute atomic E-state index is 0.105. The van der Waals surface area contributed by atoms with E-state index in [0.29, 0.717) is 5.75 Å². The van der Waals surface area contributed by atoms with Crippen LogP contribution in [0.5, 0.6) is 0 Å². The molecule has 5 heteroatoms. The van der Waals surface area contributed by atoms with E-state index in [2.05, 4.69) is 0 Å². The van der Waals surface area contributed by atoms with E-state index in [1.165, 1.54) is 22.7 Å². The van der Waals surface area contributed by atoms with Gasteiger partial charge in [0.1, 0.15) is 6.04 Å². The minimum atomic E-state index is -0.945. The molecular formula is C15H17NO3S. The molecule has 1 N–H and O–H groups in total. The fourth-order valence-corrected chi connectivity index (χ4v) is 3.27. The average molecular weight is 291 g/mol. The van der Waals surface area contributed by atoms with Crippen molar-refractivity contribution in [3.8, 4) is 0 Å². The predicted octanol–water partition coefficient (Wildman–Crippen LogP) is 2.38. The molecule has 20 heavy (non-hydrogen) atoms. The molecule has 0 aromatic heterocycles. The SMILES string of the molecule is Cc1ccc(C=CC(=O)N2C(C)SCC2C(=O)O)cc1. The molecule has 0 bridgehead atoms. The minimum Gasteiger partial charge on any atom is -0.480 e. The number of rotatable bonds is 3. The van der Waals surface area contributed by atoms with E-state index in [0.717, 1.165) is 11.1 Å². The van der Waals surface area contributed by atoms with Gasteiger partial charge in [-0.15, -0.1) is 11.8 Å². The van der Waals surface area contributed by atoms with Gasteiger partial charge in [-0.05, 0) is 25.5 Å². The van der Waals surface area contributed by atoms with E-state index >= 15 is 0 Å². The van der Waals surface area contributed by atoms with E-state index in [-0.39, 0.29) is 11.3 Å². The van der Waals surface area contributed by atoms with Crippen molar-refractivity contribution in [2.24, 2.45) is 0 Å². The fourth-order valence-electron chi connectivity index (χ4n) is 2.10. The van der Waals surface area contributed by atoms with E-state index < -0.39 is 12.0 Å². The monoisotopic (exact) mass is 291 g/mol. The van der Waals surface area contributed by atoms with Gasteiger partial charge in [-0.2, -0.15) is 0 Å². The molecule has 1 saturated heterocycles. The van der Waals surface area contributed by atoms with E-state index in [9.17, 15) is 9.59 Å². The number of carboxylic acid groups (broad SMARTS) is 1. The standard InChI is InChI=1S/C15H17NO3S/c1-10-3-5-12(6-4-10)7-8-14(17)16-11(2)20-9-13(16)15(18)19/h3-8,11,13H,9H2,1-2H3,(H,18,19). The molecule has 1 aliphatic rings. The number of carbonyl (C=O) groups is 2. The Bertz CT molecular complexity index is 539. The smallest absolute Gasteiger partial charge is 0.327 e. The topological polar surface area (TPSA) is 57.6 Å². The number of hydrogen-bond acceptors (Lipinski definition) is 3. The van der Waals surface area contributed by atoms with Gasteiger partial charge < -0.3 is 10.0 Å². The summed E-state index contributed by atoms with van der Waals surface area (Å²) in [6.07, 6.45) is 3.17. The number of amides is 1. The number of hydrogen-bond donors (Lipinski definition) is 1. The zero-order valence-electron chi connectivity index (χ0n) is 11.4. The van der Waals surface area contributed by atoms with Crippen molar-refractivity contribution in [3.63, 3.8) is 0 Å². The first-order valence-corrected chi connectivity index (χ1v) is 7.45. The van der Waals surface area contributed by atoms with Crippen LogP contribution in [0.2, 0.25) is 0 Å². The van der Waals surface area contributed by atoms with E-state index in [1.54, 1.807) is 6.08 Å². The van der Waals surface area contributed by atoms with Crippen molar-refractivity contribution >= 4 is 29.7 Å². The van der Waals surface area contributed by atoms with Crippen LogP contribution in [0.3, 0.4) is 0 Å². The fraction of sp³-hybridized carbons (Fsp3) is 0.333. The number of carboxylic acids is 1. The Hall–Kier alpha value is -1.75. The van der Waals surface area contributed by atoms with Gasteiger partial charge in [0.05, 0.1) is 5.37 Å². The van der Waals surface area contributed by atoms with Gasteiger partial charge in [-0.25, -0.2) is 4.79 Å². The average Bonchev–Trinajstić information content (AvgIpc) is 2.80. The first-order chi connectivity index (χ1) is 9.49.